The second-order valence-corrected chi connectivity index (χ2v) is 8.39. The van der Waals surface area contributed by atoms with E-state index in [2.05, 4.69) is 5.32 Å². The molecule has 3 rings (SSSR count). The van der Waals surface area contributed by atoms with Crippen LogP contribution in [0.2, 0.25) is 0 Å². The summed E-state index contributed by atoms with van der Waals surface area (Å²) < 4.78 is 0. The number of nitrogens with one attached hydrogen (secondary N) is 1. The van der Waals surface area contributed by atoms with Gasteiger partial charge in [0.15, 0.2) is 0 Å². The van der Waals surface area contributed by atoms with Gasteiger partial charge in [0.25, 0.3) is 0 Å². The van der Waals surface area contributed by atoms with Crippen LogP contribution in [-0.2, 0) is 16.0 Å². The first-order valence-corrected chi connectivity index (χ1v) is 10.9. The number of hydrogen-bond acceptors (Lipinski definition) is 4. The van der Waals surface area contributed by atoms with Crippen LogP contribution in [0.15, 0.2) is 0 Å². The van der Waals surface area contributed by atoms with Crippen LogP contribution in [0.4, 0.5) is 0 Å². The van der Waals surface area contributed by atoms with Gasteiger partial charge in [0.05, 0.1) is 6.42 Å². The third-order valence-corrected chi connectivity index (χ3v) is 6.24. The molecule has 0 spiro atoms. The normalized spacial score (nSPS) is 20.4. The SMILES string of the molecule is CCNC(=O)Cc1c(C)nc(C2CCN(C(=O)CC3CCCCC3)C2)nc1C. The third kappa shape index (κ3) is 5.09. The second kappa shape index (κ2) is 9.48. The number of rotatable bonds is 6. The first-order valence-electron chi connectivity index (χ1n) is 10.9. The van der Waals surface area contributed by atoms with E-state index in [1.807, 2.05) is 25.7 Å². The maximum atomic E-state index is 12.7. The van der Waals surface area contributed by atoms with Gasteiger partial charge in [-0.05, 0) is 46.0 Å². The smallest absolute Gasteiger partial charge is 0.224 e. The van der Waals surface area contributed by atoms with Crippen molar-refractivity contribution in [2.24, 2.45) is 5.92 Å². The van der Waals surface area contributed by atoms with Gasteiger partial charge in [0.1, 0.15) is 5.82 Å². The molecular formula is C22H34N4O2. The predicted octanol–water partition coefficient (Wildman–Crippen LogP) is 3.06. The first kappa shape index (κ1) is 20.7. The molecule has 1 saturated heterocycles. The number of likely N-dealkylation sites (N-methyl/N-ethyl adjacent to an activating group) is 1. The second-order valence-electron chi connectivity index (χ2n) is 8.39. The fourth-order valence-corrected chi connectivity index (χ4v) is 4.59. The van der Waals surface area contributed by atoms with E-state index in [0.717, 1.165) is 42.3 Å². The van der Waals surface area contributed by atoms with Crippen molar-refractivity contribution in [2.45, 2.75) is 78.1 Å². The Balaban J connectivity index is 1.61. The lowest BCUT2D eigenvalue weighted by atomic mass is 9.87. The molecule has 1 atom stereocenters. The Hall–Kier alpha value is -1.98. The summed E-state index contributed by atoms with van der Waals surface area (Å²) in [5.74, 6) is 1.91. The topological polar surface area (TPSA) is 75.2 Å². The van der Waals surface area contributed by atoms with Gasteiger partial charge in [-0.2, -0.15) is 0 Å². The van der Waals surface area contributed by atoms with Gasteiger partial charge >= 0.3 is 0 Å². The molecule has 1 aliphatic carbocycles. The Morgan fingerprint density at radius 1 is 1.07 bits per heavy atom. The number of aryl methyl sites for hydroxylation is 2. The quantitative estimate of drug-likeness (QED) is 0.815. The molecule has 0 radical (unpaired) electrons. The molecule has 1 unspecified atom stereocenters. The molecular weight excluding hydrogens is 352 g/mol. The number of carbonyl (C=O) groups is 2. The number of carbonyl (C=O) groups excluding carboxylic acids is 2. The largest absolute Gasteiger partial charge is 0.356 e. The van der Waals surface area contributed by atoms with Crippen LogP contribution in [-0.4, -0.2) is 46.3 Å². The Morgan fingerprint density at radius 2 is 1.75 bits per heavy atom. The van der Waals surface area contributed by atoms with Gasteiger partial charge in [0, 0.05) is 48.9 Å². The number of aromatic nitrogens is 2. The predicted molar refractivity (Wildman–Crippen MR) is 109 cm³/mol. The van der Waals surface area contributed by atoms with E-state index in [1.165, 1.54) is 32.1 Å². The summed E-state index contributed by atoms with van der Waals surface area (Å²) in [6.07, 6.45) is 8.23. The highest BCUT2D eigenvalue weighted by molar-refractivity contribution is 5.79. The van der Waals surface area contributed by atoms with E-state index < -0.39 is 0 Å². The lowest BCUT2D eigenvalue weighted by molar-refractivity contribution is -0.131. The van der Waals surface area contributed by atoms with Crippen molar-refractivity contribution < 1.29 is 9.59 Å². The molecule has 1 N–H and O–H groups in total. The standard InChI is InChI=1S/C22H34N4O2/c1-4-23-20(27)13-19-15(2)24-22(25-16(19)3)18-10-11-26(14-18)21(28)12-17-8-6-5-7-9-17/h17-18H,4-14H2,1-3H3,(H,23,27). The van der Waals surface area contributed by atoms with Gasteiger partial charge < -0.3 is 10.2 Å². The highest BCUT2D eigenvalue weighted by Gasteiger charge is 2.31. The molecule has 0 aromatic carbocycles. The van der Waals surface area contributed by atoms with Gasteiger partial charge in [0.2, 0.25) is 11.8 Å². The van der Waals surface area contributed by atoms with E-state index in [-0.39, 0.29) is 11.8 Å². The summed E-state index contributed by atoms with van der Waals surface area (Å²) in [5.41, 5.74) is 2.67. The van der Waals surface area contributed by atoms with Crippen LogP contribution in [0.25, 0.3) is 0 Å². The van der Waals surface area contributed by atoms with Crippen molar-refractivity contribution in [3.05, 3.63) is 22.8 Å². The number of amides is 2. The Morgan fingerprint density at radius 3 is 2.39 bits per heavy atom. The molecule has 2 fully saturated rings. The monoisotopic (exact) mass is 386 g/mol. The van der Waals surface area contributed by atoms with Crippen LogP contribution >= 0.6 is 0 Å². The van der Waals surface area contributed by atoms with E-state index >= 15 is 0 Å². The van der Waals surface area contributed by atoms with Crippen LogP contribution in [0.5, 0.6) is 0 Å². The minimum Gasteiger partial charge on any atom is -0.356 e. The van der Waals surface area contributed by atoms with Crippen molar-refractivity contribution in [3.63, 3.8) is 0 Å². The van der Waals surface area contributed by atoms with Crippen LogP contribution in [0.1, 0.15) is 80.6 Å². The summed E-state index contributed by atoms with van der Waals surface area (Å²) in [7, 11) is 0. The van der Waals surface area contributed by atoms with Gasteiger partial charge in [-0.3, -0.25) is 9.59 Å². The minimum absolute atomic E-state index is 0.00500. The molecule has 1 saturated carbocycles. The summed E-state index contributed by atoms with van der Waals surface area (Å²) >= 11 is 0. The van der Waals surface area contributed by atoms with Crippen LogP contribution in [0, 0.1) is 19.8 Å². The van der Waals surface area contributed by atoms with E-state index in [4.69, 9.17) is 9.97 Å². The summed E-state index contributed by atoms with van der Waals surface area (Å²) in [4.78, 5) is 36.1. The molecule has 1 aromatic rings. The minimum atomic E-state index is 0.00500. The van der Waals surface area contributed by atoms with Crippen molar-refractivity contribution >= 4 is 11.8 Å². The van der Waals surface area contributed by atoms with Gasteiger partial charge in [-0.15, -0.1) is 0 Å². The highest BCUT2D eigenvalue weighted by Crippen LogP contribution is 2.30. The van der Waals surface area contributed by atoms with E-state index in [9.17, 15) is 9.59 Å². The number of nitrogens with zero attached hydrogens (tertiary/aromatic N) is 3. The van der Waals surface area contributed by atoms with Crippen molar-refractivity contribution in [2.75, 3.05) is 19.6 Å². The Bertz CT molecular complexity index is 689. The average molecular weight is 387 g/mol. The maximum Gasteiger partial charge on any atom is 0.224 e. The highest BCUT2D eigenvalue weighted by atomic mass is 16.2. The third-order valence-electron chi connectivity index (χ3n) is 6.24. The molecule has 2 amide bonds. The van der Waals surface area contributed by atoms with E-state index in [1.54, 1.807) is 0 Å². The summed E-state index contributed by atoms with van der Waals surface area (Å²) in [5, 5.41) is 2.83. The molecule has 1 aromatic heterocycles. The molecule has 1 aliphatic heterocycles. The van der Waals surface area contributed by atoms with Crippen molar-refractivity contribution in [3.8, 4) is 0 Å². The van der Waals surface area contributed by atoms with Crippen molar-refractivity contribution in [1.29, 1.82) is 0 Å². The zero-order valence-electron chi connectivity index (χ0n) is 17.6. The molecule has 2 heterocycles. The van der Waals surface area contributed by atoms with Crippen LogP contribution < -0.4 is 5.32 Å². The average Bonchev–Trinajstić information content (AvgIpc) is 3.16. The Labute approximate surface area is 168 Å². The molecule has 0 bridgehead atoms. The molecule has 2 aliphatic rings. The molecule has 6 nitrogen and oxygen atoms in total. The zero-order chi connectivity index (χ0) is 20.1. The first-order chi connectivity index (χ1) is 13.5. The zero-order valence-corrected chi connectivity index (χ0v) is 17.6. The lowest BCUT2D eigenvalue weighted by Crippen LogP contribution is -2.30. The fraction of sp³-hybridized carbons (Fsp3) is 0.727. The Kier molecular flexibility index (Phi) is 7.03. The summed E-state index contributed by atoms with van der Waals surface area (Å²) in [6, 6.07) is 0. The molecule has 154 valence electrons. The van der Waals surface area contributed by atoms with Crippen molar-refractivity contribution in [1.82, 2.24) is 20.2 Å². The van der Waals surface area contributed by atoms with Crippen LogP contribution in [0.3, 0.4) is 0 Å². The maximum absolute atomic E-state index is 12.7. The lowest BCUT2D eigenvalue weighted by Gasteiger charge is -2.24. The van der Waals surface area contributed by atoms with Gasteiger partial charge in [-0.25, -0.2) is 9.97 Å². The van der Waals surface area contributed by atoms with E-state index in [0.29, 0.717) is 31.2 Å². The fourth-order valence-electron chi connectivity index (χ4n) is 4.59. The molecule has 28 heavy (non-hydrogen) atoms. The molecule has 6 heteroatoms. The number of likely N-dealkylation sites (tertiary alicyclic amines) is 1. The van der Waals surface area contributed by atoms with Gasteiger partial charge in [-0.1, -0.05) is 19.3 Å². The summed E-state index contributed by atoms with van der Waals surface area (Å²) in [6.45, 7) is 7.97. The number of hydrogen-bond donors (Lipinski definition) is 1.